The Balaban J connectivity index is 3.97. The lowest BCUT2D eigenvalue weighted by atomic mass is 10.0. The number of carbonyl (C=O) groups is 1. The van der Waals surface area contributed by atoms with Crippen LogP contribution >= 0.6 is 0 Å². The molecule has 0 rings (SSSR count). The fourth-order valence-electron chi connectivity index (χ4n) is 3.85. The predicted octanol–water partition coefficient (Wildman–Crippen LogP) is 6.53. The summed E-state index contributed by atoms with van der Waals surface area (Å²) in [6.45, 7) is 4.04. The van der Waals surface area contributed by atoms with Gasteiger partial charge >= 0.3 is 0 Å². The molecule has 0 aliphatic rings. The molecule has 0 aromatic carbocycles. The minimum absolute atomic E-state index is 0.381. The fraction of sp³-hybridized carbons (Fsp3) is 0.767. The second kappa shape index (κ2) is 25.7. The van der Waals surface area contributed by atoms with Gasteiger partial charge in [0, 0.05) is 0 Å². The summed E-state index contributed by atoms with van der Waals surface area (Å²) in [7, 11) is 0. The molecular weight excluding hydrogens is 438 g/mol. The van der Waals surface area contributed by atoms with Crippen molar-refractivity contribution in [2.75, 3.05) is 6.61 Å². The average Bonchev–Trinajstić information content (AvgIpc) is 2.86. The van der Waals surface area contributed by atoms with Gasteiger partial charge in [-0.25, -0.2) is 0 Å². The highest BCUT2D eigenvalue weighted by molar-refractivity contribution is 5.80. The van der Waals surface area contributed by atoms with E-state index in [-0.39, 0.29) is 6.61 Å². The number of rotatable bonds is 24. The maximum atomic E-state index is 12.2. The van der Waals surface area contributed by atoms with Gasteiger partial charge in [-0.15, -0.1) is 0 Å². The van der Waals surface area contributed by atoms with Gasteiger partial charge in [-0.2, -0.15) is 0 Å². The zero-order chi connectivity index (χ0) is 26.0. The van der Waals surface area contributed by atoms with Gasteiger partial charge < -0.3 is 20.6 Å². The maximum absolute atomic E-state index is 12.2. The van der Waals surface area contributed by atoms with Crippen molar-refractivity contribution in [1.29, 1.82) is 0 Å². The Morgan fingerprint density at radius 1 is 0.686 bits per heavy atom. The third kappa shape index (κ3) is 21.6. The van der Waals surface area contributed by atoms with Crippen LogP contribution in [0.3, 0.4) is 0 Å². The Bertz CT molecular complexity index is 559. The second-order valence-electron chi connectivity index (χ2n) is 9.59. The first-order valence-corrected chi connectivity index (χ1v) is 14.3. The Morgan fingerprint density at radius 2 is 1.17 bits per heavy atom. The van der Waals surface area contributed by atoms with Gasteiger partial charge in [0.05, 0.1) is 18.8 Å². The molecule has 0 radical (unpaired) electrons. The minimum atomic E-state index is -1.10. The number of nitrogens with one attached hydrogen (secondary N) is 1. The summed E-state index contributed by atoms with van der Waals surface area (Å²) in [5, 5.41) is 32.6. The minimum Gasteiger partial charge on any atom is -0.394 e. The Kier molecular flexibility index (Phi) is 24.6. The first kappa shape index (κ1) is 33.6. The van der Waals surface area contributed by atoms with E-state index in [9.17, 15) is 20.1 Å². The van der Waals surface area contributed by atoms with Crippen molar-refractivity contribution in [3.05, 3.63) is 36.5 Å². The van der Waals surface area contributed by atoms with Gasteiger partial charge in [0.15, 0.2) is 0 Å². The normalized spacial score (nSPS) is 14.8. The topological polar surface area (TPSA) is 89.8 Å². The molecule has 0 aliphatic carbocycles. The number of aliphatic hydroxyl groups is 3. The predicted molar refractivity (Wildman–Crippen MR) is 148 cm³/mol. The number of aliphatic hydroxyl groups excluding tert-OH is 3. The van der Waals surface area contributed by atoms with Crippen molar-refractivity contribution >= 4 is 5.91 Å². The highest BCUT2D eigenvalue weighted by Gasteiger charge is 2.22. The van der Waals surface area contributed by atoms with Crippen molar-refractivity contribution in [2.45, 2.75) is 141 Å². The van der Waals surface area contributed by atoms with Gasteiger partial charge in [-0.05, 0) is 38.5 Å². The van der Waals surface area contributed by atoms with Crippen LogP contribution in [0.5, 0.6) is 0 Å². The summed E-state index contributed by atoms with van der Waals surface area (Å²) in [5.74, 6) is -0.525. The summed E-state index contributed by atoms with van der Waals surface area (Å²) in [4.78, 5) is 12.2. The molecule has 0 bridgehead atoms. The quantitative estimate of drug-likeness (QED) is 0.0909. The van der Waals surface area contributed by atoms with E-state index in [1.807, 2.05) is 6.08 Å². The Hall–Kier alpha value is -1.43. The average molecular weight is 494 g/mol. The first-order valence-electron chi connectivity index (χ1n) is 14.3. The summed E-state index contributed by atoms with van der Waals surface area (Å²) < 4.78 is 0. The summed E-state index contributed by atoms with van der Waals surface area (Å²) in [6, 6.07) is -0.813. The van der Waals surface area contributed by atoms with E-state index >= 15 is 0 Å². The highest BCUT2D eigenvalue weighted by Crippen LogP contribution is 2.12. The van der Waals surface area contributed by atoms with Crippen LogP contribution in [0.25, 0.3) is 0 Å². The lowest BCUT2D eigenvalue weighted by Crippen LogP contribution is -2.48. The molecule has 1 amide bonds. The Labute approximate surface area is 215 Å². The van der Waals surface area contributed by atoms with Gasteiger partial charge in [0.2, 0.25) is 5.91 Å². The maximum Gasteiger partial charge on any atom is 0.249 e. The monoisotopic (exact) mass is 493 g/mol. The van der Waals surface area contributed by atoms with Gasteiger partial charge in [-0.1, -0.05) is 121 Å². The smallest absolute Gasteiger partial charge is 0.249 e. The van der Waals surface area contributed by atoms with Crippen molar-refractivity contribution in [1.82, 2.24) is 5.32 Å². The number of amides is 1. The van der Waals surface area contributed by atoms with Gasteiger partial charge in [0.1, 0.15) is 6.10 Å². The van der Waals surface area contributed by atoms with E-state index in [1.165, 1.54) is 57.8 Å². The van der Waals surface area contributed by atoms with Crippen LogP contribution in [0.4, 0.5) is 0 Å². The zero-order valence-corrected chi connectivity index (χ0v) is 22.7. The third-order valence-electron chi connectivity index (χ3n) is 6.21. The summed E-state index contributed by atoms with van der Waals surface area (Å²) in [5.41, 5.74) is 0. The molecule has 0 spiro atoms. The molecule has 35 heavy (non-hydrogen) atoms. The number of carbonyl (C=O) groups excluding carboxylic acids is 1. The third-order valence-corrected chi connectivity index (χ3v) is 6.21. The molecule has 0 saturated carbocycles. The number of allylic oxidation sites excluding steroid dienone is 5. The zero-order valence-electron chi connectivity index (χ0n) is 22.7. The fourth-order valence-corrected chi connectivity index (χ4v) is 3.85. The second-order valence-corrected chi connectivity index (χ2v) is 9.59. The largest absolute Gasteiger partial charge is 0.394 e. The molecular formula is C30H55NO4. The van der Waals surface area contributed by atoms with Gasteiger partial charge in [0.25, 0.3) is 0 Å². The van der Waals surface area contributed by atoms with Crippen molar-refractivity contribution in [3.63, 3.8) is 0 Å². The molecule has 0 aromatic heterocycles. The van der Waals surface area contributed by atoms with Crippen LogP contribution in [-0.2, 0) is 4.79 Å². The molecule has 204 valence electrons. The standard InChI is InChI=1S/C30H55NO4/c1-3-5-7-9-11-13-14-15-17-18-20-22-24-28(33)27(26-32)31-30(35)29(34)25-23-21-19-16-12-10-8-6-4-2/h9,11,15,17,22,24,27-29,32-34H,3-8,10,12-14,16,18-21,23,25-26H2,1-2H3,(H,31,35)/b11-9+,17-15+,24-22+. The molecule has 0 aromatic rings. The molecule has 0 heterocycles. The Morgan fingerprint density at radius 3 is 1.71 bits per heavy atom. The van der Waals surface area contributed by atoms with E-state index in [0.29, 0.717) is 6.42 Å². The number of hydrogen-bond acceptors (Lipinski definition) is 4. The van der Waals surface area contributed by atoms with Crippen molar-refractivity contribution < 1.29 is 20.1 Å². The molecule has 0 saturated heterocycles. The lowest BCUT2D eigenvalue weighted by molar-refractivity contribution is -0.131. The summed E-state index contributed by atoms with van der Waals surface area (Å²) in [6.07, 6.45) is 28.7. The van der Waals surface area contributed by atoms with Crippen LogP contribution in [-0.4, -0.2) is 46.1 Å². The molecule has 3 atom stereocenters. The SMILES string of the molecule is CCCC/C=C/CC/C=C/CC/C=C/C(O)C(CO)NC(=O)C(O)CCCCCCCCCCC. The van der Waals surface area contributed by atoms with Crippen LogP contribution in [0.2, 0.25) is 0 Å². The van der Waals surface area contributed by atoms with Crippen molar-refractivity contribution in [3.8, 4) is 0 Å². The molecule has 4 N–H and O–H groups in total. The van der Waals surface area contributed by atoms with Crippen molar-refractivity contribution in [2.24, 2.45) is 0 Å². The molecule has 3 unspecified atom stereocenters. The van der Waals surface area contributed by atoms with Crippen LogP contribution in [0, 0.1) is 0 Å². The molecule has 5 nitrogen and oxygen atoms in total. The molecule has 0 fully saturated rings. The highest BCUT2D eigenvalue weighted by atomic mass is 16.3. The lowest BCUT2D eigenvalue weighted by Gasteiger charge is -2.21. The van der Waals surface area contributed by atoms with E-state index in [2.05, 4.69) is 43.5 Å². The van der Waals surface area contributed by atoms with Crippen LogP contribution < -0.4 is 5.32 Å². The van der Waals surface area contributed by atoms with Gasteiger partial charge in [-0.3, -0.25) is 4.79 Å². The summed E-state index contributed by atoms with van der Waals surface area (Å²) >= 11 is 0. The molecule has 0 aliphatic heterocycles. The van der Waals surface area contributed by atoms with Crippen LogP contribution in [0.15, 0.2) is 36.5 Å². The van der Waals surface area contributed by atoms with Crippen LogP contribution in [0.1, 0.15) is 123 Å². The number of hydrogen-bond donors (Lipinski definition) is 4. The number of unbranched alkanes of at least 4 members (excludes halogenated alkanes) is 12. The van der Waals surface area contributed by atoms with E-state index in [4.69, 9.17) is 0 Å². The van der Waals surface area contributed by atoms with E-state index < -0.39 is 24.2 Å². The van der Waals surface area contributed by atoms with E-state index in [0.717, 1.165) is 44.9 Å². The molecule has 5 heteroatoms. The van der Waals surface area contributed by atoms with E-state index in [1.54, 1.807) is 6.08 Å². The first-order chi connectivity index (χ1) is 17.1.